The van der Waals surface area contributed by atoms with Crippen LogP contribution in [0.3, 0.4) is 0 Å². The van der Waals surface area contributed by atoms with Gasteiger partial charge in [-0.3, -0.25) is 0 Å². The van der Waals surface area contributed by atoms with E-state index in [0.29, 0.717) is 0 Å². The molecule has 4 heteroatoms. The molecule has 0 atom stereocenters. The van der Waals surface area contributed by atoms with Gasteiger partial charge < -0.3 is 19.6 Å². The lowest BCUT2D eigenvalue weighted by Gasteiger charge is -2.30. The molecule has 0 N–H and O–H groups in total. The largest absolute Gasteiger partial charge is 0.311 e. The summed E-state index contributed by atoms with van der Waals surface area (Å²) in [4.78, 5) is 9.30. The zero-order valence-electron chi connectivity index (χ0n) is 41.3. The van der Waals surface area contributed by atoms with Crippen molar-refractivity contribution in [3.05, 3.63) is 294 Å². The molecule has 10 rings (SSSR count). The van der Waals surface area contributed by atoms with Gasteiger partial charge in [-0.2, -0.15) is 0 Å². The van der Waals surface area contributed by atoms with Crippen LogP contribution < -0.4 is 19.6 Å². The van der Waals surface area contributed by atoms with E-state index in [4.69, 9.17) is 0 Å². The summed E-state index contributed by atoms with van der Waals surface area (Å²) in [6.07, 6.45) is 8.54. The molecular weight excluding hydrogens is 873 g/mol. The minimum absolute atomic E-state index is 1.06. The molecule has 10 aromatic carbocycles. The molecule has 10 aromatic rings. The second-order valence-electron chi connectivity index (χ2n) is 18.2. The summed E-state index contributed by atoms with van der Waals surface area (Å²) in [6, 6.07) is 91.6. The lowest BCUT2D eigenvalue weighted by Crippen LogP contribution is -2.13. The third-order valence-electron chi connectivity index (χ3n) is 12.9. The third-order valence-corrected chi connectivity index (χ3v) is 12.9. The molecule has 0 aliphatic carbocycles. The van der Waals surface area contributed by atoms with Crippen LogP contribution in [0.2, 0.25) is 0 Å². The number of benzene rings is 10. The molecule has 72 heavy (non-hydrogen) atoms. The molecule has 0 aliphatic rings. The zero-order chi connectivity index (χ0) is 49.2. The van der Waals surface area contributed by atoms with E-state index in [0.717, 1.165) is 73.8 Å². The van der Waals surface area contributed by atoms with Crippen molar-refractivity contribution < 1.29 is 0 Å². The van der Waals surface area contributed by atoms with Crippen molar-refractivity contribution >= 4 is 86.5 Å². The van der Waals surface area contributed by atoms with Crippen molar-refractivity contribution in [2.75, 3.05) is 19.6 Å². The molecule has 0 aliphatic heterocycles. The fourth-order valence-corrected chi connectivity index (χ4v) is 9.11. The maximum absolute atomic E-state index is 2.34. The number of allylic oxidation sites excluding steroid dienone is 1. The Morgan fingerprint density at radius 2 is 0.389 bits per heavy atom. The number of hydrogen-bond acceptors (Lipinski definition) is 4. The number of aryl methyl sites for hydroxylation is 3. The molecule has 4 nitrogen and oxygen atoms in total. The highest BCUT2D eigenvalue weighted by molar-refractivity contribution is 5.85. The first-order chi connectivity index (χ1) is 35.4. The van der Waals surface area contributed by atoms with E-state index < -0.39 is 0 Å². The van der Waals surface area contributed by atoms with Gasteiger partial charge in [-0.05, 0) is 190 Å². The van der Waals surface area contributed by atoms with Crippen LogP contribution in [0.5, 0.6) is 0 Å². The summed E-state index contributed by atoms with van der Waals surface area (Å²) in [5.41, 5.74) is 20.1. The predicted octanol–water partition coefficient (Wildman–Crippen LogP) is 19.7. The lowest BCUT2D eigenvalue weighted by atomic mass is 10.1. The Morgan fingerprint density at radius 3 is 0.639 bits per heavy atom. The van der Waals surface area contributed by atoms with Gasteiger partial charge in [-0.25, -0.2) is 0 Å². The molecule has 0 spiro atoms. The smallest absolute Gasteiger partial charge is 0.0463 e. The molecule has 0 amide bonds. The van der Waals surface area contributed by atoms with E-state index >= 15 is 0 Å². The summed E-state index contributed by atoms with van der Waals surface area (Å²) in [6.45, 7) is 8.44. The quantitative estimate of drug-likeness (QED) is 0.0950. The minimum Gasteiger partial charge on any atom is -0.311 e. The lowest BCUT2D eigenvalue weighted by molar-refractivity contribution is 1.24. The van der Waals surface area contributed by atoms with Gasteiger partial charge in [0.15, 0.2) is 0 Å². The summed E-state index contributed by atoms with van der Waals surface area (Å²) < 4.78 is 0. The van der Waals surface area contributed by atoms with Crippen LogP contribution in [0, 0.1) is 20.8 Å². The van der Waals surface area contributed by atoms with Crippen molar-refractivity contribution in [3.63, 3.8) is 0 Å². The molecule has 0 bridgehead atoms. The Labute approximate surface area is 426 Å². The topological polar surface area (TPSA) is 13.0 Å². The fourth-order valence-electron chi connectivity index (χ4n) is 9.11. The van der Waals surface area contributed by atoms with Crippen molar-refractivity contribution in [2.45, 2.75) is 27.7 Å². The second-order valence-corrected chi connectivity index (χ2v) is 18.2. The molecule has 0 unspecified atom stereocenters. The molecule has 350 valence electrons. The average molecular weight is 931 g/mol. The Bertz CT molecular complexity index is 3360. The van der Waals surface area contributed by atoms with Gasteiger partial charge in [0, 0.05) is 68.2 Å². The van der Waals surface area contributed by atoms with E-state index in [1.165, 1.54) is 27.8 Å². The monoisotopic (exact) mass is 930 g/mol. The third kappa shape index (κ3) is 10.7. The maximum Gasteiger partial charge on any atom is 0.0463 e. The first kappa shape index (κ1) is 46.6. The van der Waals surface area contributed by atoms with E-state index in [9.17, 15) is 0 Å². The van der Waals surface area contributed by atoms with Gasteiger partial charge in [-0.1, -0.05) is 150 Å². The molecule has 0 saturated carbocycles. The Kier molecular flexibility index (Phi) is 14.0. The summed E-state index contributed by atoms with van der Waals surface area (Å²) >= 11 is 0. The molecule has 0 radical (unpaired) electrons. The highest BCUT2D eigenvalue weighted by Gasteiger charge is 2.19. The minimum atomic E-state index is 1.06. The Morgan fingerprint density at radius 1 is 0.208 bits per heavy atom. The normalized spacial score (nSPS) is 11.2. The van der Waals surface area contributed by atoms with Crippen molar-refractivity contribution in [1.82, 2.24) is 0 Å². The first-order valence-electron chi connectivity index (χ1n) is 24.7. The number of anilines is 12. The molecule has 0 aromatic heterocycles. The summed E-state index contributed by atoms with van der Waals surface area (Å²) in [5, 5.41) is 0. The molecular formula is C68H58N4. The Hall–Kier alpha value is -9.12. The molecule has 0 saturated heterocycles. The van der Waals surface area contributed by atoms with E-state index in [2.05, 4.69) is 319 Å². The van der Waals surface area contributed by atoms with Crippen LogP contribution in [-0.2, 0) is 0 Å². The maximum atomic E-state index is 2.34. The summed E-state index contributed by atoms with van der Waals surface area (Å²) in [7, 11) is 0. The molecule has 0 fully saturated rings. The van der Waals surface area contributed by atoms with Crippen LogP contribution in [0.15, 0.2) is 261 Å². The van der Waals surface area contributed by atoms with Gasteiger partial charge in [0.05, 0.1) is 0 Å². The van der Waals surface area contributed by atoms with Gasteiger partial charge in [0.25, 0.3) is 0 Å². The van der Waals surface area contributed by atoms with E-state index in [1.54, 1.807) is 0 Å². The standard InChI is InChI=1S/C68H58N4/c1-5-12-54-27-35-61(36-28-54)69(57-13-8-6-9-14-57)63-39-43-65(44-40-63)71(59-31-19-52(3)20-32-59)67-47-49-68(50-48-67)72(60-33-21-53(4)22-34-60)66-45-41-64(42-46-66)70(58-15-10-7-11-16-58)62-37-29-56(30-38-62)26-25-55-23-17-51(2)18-24-55/h5-50H,1-4H3. The summed E-state index contributed by atoms with van der Waals surface area (Å²) in [5.74, 6) is 0. The van der Waals surface area contributed by atoms with E-state index in [-0.39, 0.29) is 0 Å². The number of nitrogens with zero attached hydrogens (tertiary/aromatic N) is 4. The van der Waals surface area contributed by atoms with Gasteiger partial charge in [0.2, 0.25) is 0 Å². The van der Waals surface area contributed by atoms with Crippen molar-refractivity contribution in [3.8, 4) is 0 Å². The van der Waals surface area contributed by atoms with Crippen LogP contribution in [0.1, 0.15) is 40.3 Å². The van der Waals surface area contributed by atoms with Crippen molar-refractivity contribution in [2.24, 2.45) is 0 Å². The van der Waals surface area contributed by atoms with Crippen LogP contribution in [0.25, 0.3) is 18.2 Å². The first-order valence-corrected chi connectivity index (χ1v) is 24.7. The number of hydrogen-bond donors (Lipinski definition) is 0. The zero-order valence-corrected chi connectivity index (χ0v) is 41.3. The van der Waals surface area contributed by atoms with E-state index in [1.807, 2.05) is 6.92 Å². The molecule has 0 heterocycles. The van der Waals surface area contributed by atoms with Gasteiger partial charge >= 0.3 is 0 Å². The highest BCUT2D eigenvalue weighted by Crippen LogP contribution is 2.43. The number of para-hydroxylation sites is 2. The van der Waals surface area contributed by atoms with Crippen LogP contribution in [-0.4, -0.2) is 0 Å². The van der Waals surface area contributed by atoms with Crippen LogP contribution >= 0.6 is 0 Å². The average Bonchev–Trinajstić information content (AvgIpc) is 3.43. The van der Waals surface area contributed by atoms with Gasteiger partial charge in [0.1, 0.15) is 0 Å². The fraction of sp³-hybridized carbons (Fsp3) is 0.0588. The highest BCUT2D eigenvalue weighted by atomic mass is 15.2. The number of rotatable bonds is 15. The Balaban J connectivity index is 0.971. The predicted molar refractivity (Wildman–Crippen MR) is 309 cm³/mol. The van der Waals surface area contributed by atoms with Gasteiger partial charge in [-0.15, -0.1) is 0 Å². The second kappa shape index (κ2) is 21.7. The van der Waals surface area contributed by atoms with Crippen LogP contribution in [0.4, 0.5) is 68.2 Å². The SMILES string of the molecule is CC=Cc1ccc(N(c2ccccc2)c2ccc(N(c3ccc(C)cc3)c3ccc(N(c4ccc(C)cc4)c4ccc(N(c5ccccc5)c5ccc(C=Cc6ccc(C)cc6)cc5)cc4)cc3)cc2)cc1. The van der Waals surface area contributed by atoms with Crippen molar-refractivity contribution in [1.29, 1.82) is 0 Å².